The summed E-state index contributed by atoms with van der Waals surface area (Å²) in [6, 6.07) is -0.143. The number of hydrogen-bond acceptors (Lipinski definition) is 4. The number of ether oxygens (including phenoxy) is 2. The predicted molar refractivity (Wildman–Crippen MR) is 68.5 cm³/mol. The summed E-state index contributed by atoms with van der Waals surface area (Å²) in [5.74, 6) is 0.170. The van der Waals surface area contributed by atoms with Gasteiger partial charge in [0.25, 0.3) is 0 Å². The average molecular weight is 256 g/mol. The largest absolute Gasteiger partial charge is 0.378 e. The SMILES string of the molecule is COC1(CNC(C)C(=O)N2CCOCC2)CCC1. The Balaban J connectivity index is 1.76. The van der Waals surface area contributed by atoms with Crippen LogP contribution in [-0.2, 0) is 14.3 Å². The number of nitrogens with zero attached hydrogens (tertiary/aromatic N) is 1. The first-order valence-corrected chi connectivity index (χ1v) is 6.82. The molecule has 2 fully saturated rings. The van der Waals surface area contributed by atoms with Crippen LogP contribution < -0.4 is 5.32 Å². The lowest BCUT2D eigenvalue weighted by Crippen LogP contribution is -2.54. The van der Waals surface area contributed by atoms with E-state index in [1.54, 1.807) is 7.11 Å². The van der Waals surface area contributed by atoms with Crippen molar-refractivity contribution in [3.8, 4) is 0 Å². The van der Waals surface area contributed by atoms with E-state index in [4.69, 9.17) is 9.47 Å². The molecule has 1 N–H and O–H groups in total. The van der Waals surface area contributed by atoms with Crippen molar-refractivity contribution in [3.05, 3.63) is 0 Å². The molecule has 0 bridgehead atoms. The summed E-state index contributed by atoms with van der Waals surface area (Å²) in [5.41, 5.74) is -0.0282. The maximum absolute atomic E-state index is 12.2. The highest BCUT2D eigenvalue weighted by molar-refractivity contribution is 5.81. The molecule has 0 aromatic carbocycles. The molecule has 0 spiro atoms. The van der Waals surface area contributed by atoms with Gasteiger partial charge in [0.15, 0.2) is 0 Å². The highest BCUT2D eigenvalue weighted by Crippen LogP contribution is 2.34. The van der Waals surface area contributed by atoms with Crippen molar-refractivity contribution in [3.63, 3.8) is 0 Å². The summed E-state index contributed by atoms with van der Waals surface area (Å²) in [7, 11) is 1.76. The van der Waals surface area contributed by atoms with Crippen molar-refractivity contribution in [1.82, 2.24) is 10.2 Å². The average Bonchev–Trinajstić information content (AvgIpc) is 2.38. The molecule has 1 saturated heterocycles. The molecule has 2 rings (SSSR count). The minimum atomic E-state index is -0.143. The Morgan fingerprint density at radius 1 is 1.44 bits per heavy atom. The summed E-state index contributed by atoms with van der Waals surface area (Å²) < 4.78 is 10.8. The fourth-order valence-electron chi connectivity index (χ4n) is 2.51. The third-order valence-electron chi connectivity index (χ3n) is 4.12. The van der Waals surface area contributed by atoms with Crippen LogP contribution in [0.5, 0.6) is 0 Å². The Morgan fingerprint density at radius 2 is 2.11 bits per heavy atom. The van der Waals surface area contributed by atoms with Gasteiger partial charge in [-0.25, -0.2) is 0 Å². The van der Waals surface area contributed by atoms with Gasteiger partial charge < -0.3 is 19.7 Å². The summed E-state index contributed by atoms with van der Waals surface area (Å²) in [4.78, 5) is 14.1. The van der Waals surface area contributed by atoms with Crippen LogP contribution in [0, 0.1) is 0 Å². The molecule has 1 aliphatic heterocycles. The summed E-state index contributed by atoms with van der Waals surface area (Å²) in [6.45, 7) is 5.42. The van der Waals surface area contributed by atoms with Gasteiger partial charge in [0.05, 0.1) is 24.9 Å². The van der Waals surface area contributed by atoms with Crippen LogP contribution in [0.1, 0.15) is 26.2 Å². The molecule has 5 nitrogen and oxygen atoms in total. The second-order valence-corrected chi connectivity index (χ2v) is 5.28. The lowest BCUT2D eigenvalue weighted by Gasteiger charge is -2.41. The van der Waals surface area contributed by atoms with E-state index in [-0.39, 0.29) is 17.6 Å². The zero-order valence-corrected chi connectivity index (χ0v) is 11.4. The number of hydrogen-bond donors (Lipinski definition) is 1. The fraction of sp³-hybridized carbons (Fsp3) is 0.923. The summed E-state index contributed by atoms with van der Waals surface area (Å²) in [5, 5.41) is 3.32. The van der Waals surface area contributed by atoms with Crippen LogP contribution in [0.25, 0.3) is 0 Å². The Morgan fingerprint density at radius 3 is 2.61 bits per heavy atom. The van der Waals surface area contributed by atoms with E-state index in [0.29, 0.717) is 26.3 Å². The molecule has 18 heavy (non-hydrogen) atoms. The first-order chi connectivity index (χ1) is 8.67. The van der Waals surface area contributed by atoms with Crippen molar-refractivity contribution < 1.29 is 14.3 Å². The van der Waals surface area contributed by atoms with Crippen LogP contribution in [0.2, 0.25) is 0 Å². The first kappa shape index (κ1) is 13.8. The minimum absolute atomic E-state index is 0.0282. The molecule has 0 aromatic heterocycles. The van der Waals surface area contributed by atoms with Crippen molar-refractivity contribution in [2.24, 2.45) is 0 Å². The van der Waals surface area contributed by atoms with Gasteiger partial charge in [-0.2, -0.15) is 0 Å². The van der Waals surface area contributed by atoms with Crippen molar-refractivity contribution in [2.75, 3.05) is 40.0 Å². The van der Waals surface area contributed by atoms with E-state index in [9.17, 15) is 4.79 Å². The van der Waals surface area contributed by atoms with Crippen molar-refractivity contribution in [2.45, 2.75) is 37.8 Å². The molecule has 0 radical (unpaired) electrons. The van der Waals surface area contributed by atoms with Gasteiger partial charge in [-0.3, -0.25) is 4.79 Å². The molecule has 1 heterocycles. The van der Waals surface area contributed by atoms with Crippen molar-refractivity contribution in [1.29, 1.82) is 0 Å². The molecule has 2 aliphatic rings. The van der Waals surface area contributed by atoms with E-state index >= 15 is 0 Å². The highest BCUT2D eigenvalue weighted by Gasteiger charge is 2.37. The Bertz CT molecular complexity index is 280. The molecular weight excluding hydrogens is 232 g/mol. The molecule has 0 aromatic rings. The van der Waals surface area contributed by atoms with Gasteiger partial charge in [-0.15, -0.1) is 0 Å². The molecule has 104 valence electrons. The van der Waals surface area contributed by atoms with Crippen LogP contribution >= 0.6 is 0 Å². The van der Waals surface area contributed by atoms with Crippen LogP contribution in [0.3, 0.4) is 0 Å². The topological polar surface area (TPSA) is 50.8 Å². The minimum Gasteiger partial charge on any atom is -0.378 e. The third-order valence-corrected chi connectivity index (χ3v) is 4.12. The zero-order valence-electron chi connectivity index (χ0n) is 11.4. The quantitative estimate of drug-likeness (QED) is 0.773. The summed E-state index contributed by atoms with van der Waals surface area (Å²) >= 11 is 0. The van der Waals surface area contributed by atoms with Gasteiger partial charge in [-0.1, -0.05) is 0 Å². The number of amides is 1. The van der Waals surface area contributed by atoms with E-state index in [1.165, 1.54) is 6.42 Å². The lowest BCUT2D eigenvalue weighted by atomic mass is 9.80. The van der Waals surface area contributed by atoms with Crippen LogP contribution in [-0.4, -0.2) is 62.4 Å². The molecule has 1 aliphatic carbocycles. The van der Waals surface area contributed by atoms with E-state index in [1.807, 2.05) is 11.8 Å². The Kier molecular flexibility index (Phi) is 4.59. The highest BCUT2D eigenvalue weighted by atomic mass is 16.5. The molecule has 1 amide bonds. The lowest BCUT2D eigenvalue weighted by molar-refractivity contribution is -0.137. The second kappa shape index (κ2) is 5.99. The summed E-state index contributed by atoms with van der Waals surface area (Å²) in [6.07, 6.45) is 3.41. The fourth-order valence-corrected chi connectivity index (χ4v) is 2.51. The van der Waals surface area contributed by atoms with E-state index in [2.05, 4.69) is 5.32 Å². The third kappa shape index (κ3) is 3.02. The monoisotopic (exact) mass is 256 g/mol. The Labute approximate surface area is 109 Å². The molecular formula is C13H24N2O3. The van der Waals surface area contributed by atoms with Gasteiger partial charge >= 0.3 is 0 Å². The first-order valence-electron chi connectivity index (χ1n) is 6.82. The molecule has 1 saturated carbocycles. The standard InChI is InChI=1S/C13H24N2O3/c1-11(12(16)15-6-8-18-9-7-15)14-10-13(17-2)4-3-5-13/h11,14H,3-10H2,1-2H3. The van der Waals surface area contributed by atoms with Gasteiger partial charge in [0, 0.05) is 26.7 Å². The van der Waals surface area contributed by atoms with E-state index in [0.717, 1.165) is 19.4 Å². The maximum atomic E-state index is 12.2. The number of nitrogens with one attached hydrogen (secondary N) is 1. The molecule has 1 unspecified atom stereocenters. The van der Waals surface area contributed by atoms with E-state index < -0.39 is 0 Å². The molecule has 1 atom stereocenters. The Hall–Kier alpha value is -0.650. The maximum Gasteiger partial charge on any atom is 0.239 e. The van der Waals surface area contributed by atoms with Crippen LogP contribution in [0.4, 0.5) is 0 Å². The number of carbonyl (C=O) groups is 1. The smallest absolute Gasteiger partial charge is 0.239 e. The normalized spacial score (nSPS) is 24.4. The number of methoxy groups -OCH3 is 1. The van der Waals surface area contributed by atoms with Gasteiger partial charge in [-0.05, 0) is 26.2 Å². The number of carbonyl (C=O) groups excluding carboxylic acids is 1. The number of morpholine rings is 1. The van der Waals surface area contributed by atoms with Gasteiger partial charge in [0.2, 0.25) is 5.91 Å². The number of rotatable bonds is 5. The van der Waals surface area contributed by atoms with Gasteiger partial charge in [0.1, 0.15) is 0 Å². The van der Waals surface area contributed by atoms with Crippen LogP contribution in [0.15, 0.2) is 0 Å². The predicted octanol–water partition coefficient (Wildman–Crippen LogP) is 0.392. The second-order valence-electron chi connectivity index (χ2n) is 5.28. The zero-order chi connectivity index (χ0) is 13.0. The molecule has 5 heteroatoms. The van der Waals surface area contributed by atoms with Crippen molar-refractivity contribution >= 4 is 5.91 Å².